The predicted octanol–water partition coefficient (Wildman–Crippen LogP) is 2.00. The van der Waals surface area contributed by atoms with Crippen molar-refractivity contribution >= 4 is 11.3 Å². The lowest BCUT2D eigenvalue weighted by molar-refractivity contribution is 0.0253. The van der Waals surface area contributed by atoms with Crippen molar-refractivity contribution in [1.82, 2.24) is 10.3 Å². The van der Waals surface area contributed by atoms with Crippen LogP contribution in [0.5, 0.6) is 0 Å². The van der Waals surface area contributed by atoms with E-state index in [4.69, 9.17) is 4.74 Å². The highest BCUT2D eigenvalue weighted by molar-refractivity contribution is 7.09. The molecule has 0 aliphatic carbocycles. The second-order valence-electron chi connectivity index (χ2n) is 4.33. The first-order chi connectivity index (χ1) is 7.25. The maximum absolute atomic E-state index is 5.66. The van der Waals surface area contributed by atoms with Gasteiger partial charge in [-0.15, -0.1) is 11.3 Å². The van der Waals surface area contributed by atoms with Crippen molar-refractivity contribution in [3.05, 3.63) is 16.1 Å². The minimum atomic E-state index is 0.163. The third kappa shape index (κ3) is 3.00. The van der Waals surface area contributed by atoms with Gasteiger partial charge in [-0.3, -0.25) is 0 Å². The lowest BCUT2D eigenvalue weighted by atomic mass is 10.1. The number of morpholine rings is 1. The maximum Gasteiger partial charge on any atom is 0.113 e. The summed E-state index contributed by atoms with van der Waals surface area (Å²) in [5, 5.41) is 6.69. The molecule has 1 fully saturated rings. The zero-order chi connectivity index (χ0) is 10.7. The average molecular weight is 226 g/mol. The quantitative estimate of drug-likeness (QED) is 0.856. The minimum Gasteiger partial charge on any atom is -0.369 e. The van der Waals surface area contributed by atoms with Gasteiger partial charge < -0.3 is 10.1 Å². The fourth-order valence-electron chi connectivity index (χ4n) is 1.67. The second-order valence-corrected chi connectivity index (χ2v) is 5.27. The molecule has 2 heterocycles. The molecule has 0 saturated carbocycles. The molecule has 15 heavy (non-hydrogen) atoms. The molecule has 1 aromatic rings. The van der Waals surface area contributed by atoms with Crippen LogP contribution < -0.4 is 5.32 Å². The van der Waals surface area contributed by atoms with Gasteiger partial charge in [-0.1, -0.05) is 13.8 Å². The first kappa shape index (κ1) is 11.0. The summed E-state index contributed by atoms with van der Waals surface area (Å²) < 4.78 is 5.66. The van der Waals surface area contributed by atoms with Gasteiger partial charge in [0, 0.05) is 24.9 Å². The monoisotopic (exact) mass is 226 g/mol. The molecule has 1 saturated heterocycles. The molecule has 2 rings (SSSR count). The highest BCUT2D eigenvalue weighted by atomic mass is 32.1. The van der Waals surface area contributed by atoms with Crippen molar-refractivity contribution in [2.45, 2.75) is 26.4 Å². The van der Waals surface area contributed by atoms with Gasteiger partial charge in [-0.2, -0.15) is 0 Å². The maximum atomic E-state index is 5.66. The smallest absolute Gasteiger partial charge is 0.113 e. The van der Waals surface area contributed by atoms with Crippen LogP contribution in [-0.4, -0.2) is 24.7 Å². The molecule has 0 spiro atoms. The van der Waals surface area contributed by atoms with Crippen molar-refractivity contribution in [2.75, 3.05) is 19.7 Å². The lowest BCUT2D eigenvalue weighted by Crippen LogP contribution is -2.33. The number of nitrogens with zero attached hydrogens (tertiary/aromatic N) is 1. The summed E-state index contributed by atoms with van der Waals surface area (Å²) in [6, 6.07) is 0. The first-order valence-corrected chi connectivity index (χ1v) is 6.40. The Bertz CT molecular complexity index is 305. The van der Waals surface area contributed by atoms with Crippen molar-refractivity contribution in [3.8, 4) is 0 Å². The summed E-state index contributed by atoms with van der Waals surface area (Å²) >= 11 is 1.75. The Labute approximate surface area is 94.9 Å². The van der Waals surface area contributed by atoms with Crippen LogP contribution in [0.25, 0.3) is 0 Å². The van der Waals surface area contributed by atoms with Gasteiger partial charge in [-0.05, 0) is 5.92 Å². The van der Waals surface area contributed by atoms with E-state index in [2.05, 4.69) is 29.5 Å². The van der Waals surface area contributed by atoms with Crippen LogP contribution in [0.3, 0.4) is 0 Å². The summed E-state index contributed by atoms with van der Waals surface area (Å²) in [5.74, 6) is 0.675. The Hall–Kier alpha value is -0.450. The summed E-state index contributed by atoms with van der Waals surface area (Å²) in [5.41, 5.74) is 1.10. The molecule has 0 amide bonds. The van der Waals surface area contributed by atoms with Gasteiger partial charge in [0.25, 0.3) is 0 Å². The average Bonchev–Trinajstić information content (AvgIpc) is 2.67. The standard InChI is InChI=1S/C11H18N2OS/c1-8(2)5-11-13-9(7-15-11)10-6-12-3-4-14-10/h7-8,10,12H,3-6H2,1-2H3. The molecule has 1 atom stereocenters. The van der Waals surface area contributed by atoms with Crippen molar-refractivity contribution in [3.63, 3.8) is 0 Å². The van der Waals surface area contributed by atoms with E-state index in [9.17, 15) is 0 Å². The third-order valence-electron chi connectivity index (χ3n) is 2.41. The zero-order valence-corrected chi connectivity index (χ0v) is 10.1. The zero-order valence-electron chi connectivity index (χ0n) is 9.32. The number of aromatic nitrogens is 1. The Morgan fingerprint density at radius 2 is 2.53 bits per heavy atom. The van der Waals surface area contributed by atoms with Crippen LogP contribution in [0.1, 0.15) is 30.7 Å². The van der Waals surface area contributed by atoms with Gasteiger partial charge in [0.15, 0.2) is 0 Å². The Morgan fingerprint density at radius 3 is 3.20 bits per heavy atom. The molecule has 4 heteroatoms. The van der Waals surface area contributed by atoms with Crippen LogP contribution in [0.4, 0.5) is 0 Å². The van der Waals surface area contributed by atoms with Gasteiger partial charge in [-0.25, -0.2) is 4.98 Å². The van der Waals surface area contributed by atoms with Crippen LogP contribution in [0, 0.1) is 5.92 Å². The second kappa shape index (κ2) is 5.05. The molecule has 1 unspecified atom stereocenters. The number of hydrogen-bond acceptors (Lipinski definition) is 4. The molecule has 1 N–H and O–H groups in total. The number of hydrogen-bond donors (Lipinski definition) is 1. The van der Waals surface area contributed by atoms with Gasteiger partial charge in [0.05, 0.1) is 17.3 Å². The molecular weight excluding hydrogens is 208 g/mol. The lowest BCUT2D eigenvalue weighted by Gasteiger charge is -2.21. The van der Waals surface area contributed by atoms with E-state index in [0.29, 0.717) is 5.92 Å². The topological polar surface area (TPSA) is 34.2 Å². The molecule has 0 radical (unpaired) electrons. The largest absolute Gasteiger partial charge is 0.369 e. The highest BCUT2D eigenvalue weighted by Gasteiger charge is 2.18. The number of nitrogens with one attached hydrogen (secondary N) is 1. The number of rotatable bonds is 3. The van der Waals surface area contributed by atoms with Crippen molar-refractivity contribution in [2.24, 2.45) is 5.92 Å². The summed E-state index contributed by atoms with van der Waals surface area (Å²) in [4.78, 5) is 4.63. The molecule has 1 aliphatic rings. The fraction of sp³-hybridized carbons (Fsp3) is 0.727. The van der Waals surface area contributed by atoms with Crippen molar-refractivity contribution < 1.29 is 4.74 Å². The van der Waals surface area contributed by atoms with Crippen LogP contribution in [0.15, 0.2) is 5.38 Å². The summed E-state index contributed by atoms with van der Waals surface area (Å²) in [6.07, 6.45) is 1.24. The van der Waals surface area contributed by atoms with Gasteiger partial charge >= 0.3 is 0 Å². The number of ether oxygens (including phenoxy) is 1. The molecule has 1 aliphatic heterocycles. The molecule has 3 nitrogen and oxygen atoms in total. The molecule has 0 aromatic carbocycles. The Morgan fingerprint density at radius 1 is 1.67 bits per heavy atom. The Kier molecular flexibility index (Phi) is 3.72. The molecule has 1 aromatic heterocycles. The minimum absolute atomic E-state index is 0.163. The van der Waals surface area contributed by atoms with E-state index < -0.39 is 0 Å². The molecule has 84 valence electrons. The van der Waals surface area contributed by atoms with E-state index in [-0.39, 0.29) is 6.10 Å². The summed E-state index contributed by atoms with van der Waals surface area (Å²) in [6.45, 7) is 7.09. The van der Waals surface area contributed by atoms with Crippen LogP contribution >= 0.6 is 11.3 Å². The van der Waals surface area contributed by atoms with E-state index in [0.717, 1.165) is 31.8 Å². The van der Waals surface area contributed by atoms with Gasteiger partial charge in [0.2, 0.25) is 0 Å². The fourth-order valence-corrected chi connectivity index (χ4v) is 2.72. The van der Waals surface area contributed by atoms with Crippen LogP contribution in [0.2, 0.25) is 0 Å². The Balaban J connectivity index is 1.99. The molecular formula is C11H18N2OS. The van der Waals surface area contributed by atoms with Gasteiger partial charge in [0.1, 0.15) is 6.10 Å². The highest BCUT2D eigenvalue weighted by Crippen LogP contribution is 2.22. The normalized spacial score (nSPS) is 22.2. The molecule has 0 bridgehead atoms. The first-order valence-electron chi connectivity index (χ1n) is 5.52. The SMILES string of the molecule is CC(C)Cc1nc(C2CNCCO2)cs1. The van der Waals surface area contributed by atoms with E-state index in [1.165, 1.54) is 5.01 Å². The van der Waals surface area contributed by atoms with E-state index in [1.54, 1.807) is 11.3 Å². The van der Waals surface area contributed by atoms with E-state index >= 15 is 0 Å². The number of thiazole rings is 1. The van der Waals surface area contributed by atoms with Crippen LogP contribution in [-0.2, 0) is 11.2 Å². The summed E-state index contributed by atoms with van der Waals surface area (Å²) in [7, 11) is 0. The predicted molar refractivity (Wildman–Crippen MR) is 62.2 cm³/mol. The van der Waals surface area contributed by atoms with Crippen molar-refractivity contribution in [1.29, 1.82) is 0 Å². The third-order valence-corrected chi connectivity index (χ3v) is 3.30. The van der Waals surface area contributed by atoms with E-state index in [1.807, 2.05) is 0 Å².